The lowest BCUT2D eigenvalue weighted by Gasteiger charge is -2.11. The van der Waals surface area contributed by atoms with Gasteiger partial charge in [0, 0.05) is 17.7 Å². The van der Waals surface area contributed by atoms with Gasteiger partial charge < -0.3 is 13.9 Å². The average Bonchev–Trinajstić information content (AvgIpc) is 3.09. The van der Waals surface area contributed by atoms with Crippen molar-refractivity contribution in [3.8, 4) is 23.0 Å². The van der Waals surface area contributed by atoms with Gasteiger partial charge in [0.2, 0.25) is 5.89 Å². The lowest BCUT2D eigenvalue weighted by atomic mass is 10.2. The van der Waals surface area contributed by atoms with Gasteiger partial charge in [-0.2, -0.15) is 21.6 Å². The van der Waals surface area contributed by atoms with E-state index < -0.39 is 15.5 Å². The molecule has 0 bridgehead atoms. The Morgan fingerprint density at radius 3 is 2.23 bits per heavy atom. The van der Waals surface area contributed by atoms with E-state index in [0.29, 0.717) is 29.5 Å². The van der Waals surface area contributed by atoms with Gasteiger partial charge in [-0.1, -0.05) is 0 Å². The Hall–Kier alpha value is -3.21. The van der Waals surface area contributed by atoms with Gasteiger partial charge in [-0.25, -0.2) is 4.98 Å². The monoisotopic (exact) mass is 456 g/mol. The smallest absolute Gasteiger partial charge is 0.497 e. The molecule has 0 fully saturated rings. The summed E-state index contributed by atoms with van der Waals surface area (Å²) in [6, 6.07) is 12.4. The molecule has 1 heterocycles. The predicted molar refractivity (Wildman–Crippen MR) is 107 cm³/mol. The number of rotatable bonds is 8. The summed E-state index contributed by atoms with van der Waals surface area (Å²) in [7, 11) is -3.88. The Balaban J connectivity index is 1.57. The van der Waals surface area contributed by atoms with Gasteiger partial charge >= 0.3 is 15.5 Å². The van der Waals surface area contributed by atoms with Crippen molar-refractivity contribution in [2.75, 3.05) is 18.4 Å². The van der Waals surface area contributed by atoms with Crippen molar-refractivity contribution in [3.05, 3.63) is 60.0 Å². The van der Waals surface area contributed by atoms with E-state index in [1.54, 1.807) is 26.2 Å². The number of aromatic nitrogens is 1. The minimum absolute atomic E-state index is 0.221. The van der Waals surface area contributed by atoms with Gasteiger partial charge in [0.15, 0.2) is 0 Å². The third-order valence-corrected chi connectivity index (χ3v) is 5.36. The molecular formula is C20H19F3N2O5S. The molecule has 0 aliphatic heterocycles. The fraction of sp³-hybridized carbons (Fsp3) is 0.250. The van der Waals surface area contributed by atoms with Gasteiger partial charge in [-0.15, -0.1) is 0 Å². The first-order valence-corrected chi connectivity index (χ1v) is 10.5. The van der Waals surface area contributed by atoms with E-state index >= 15 is 0 Å². The molecule has 0 saturated carbocycles. The number of alkyl halides is 3. The lowest BCUT2D eigenvalue weighted by molar-refractivity contribution is -0.0429. The molecule has 0 saturated heterocycles. The second-order valence-corrected chi connectivity index (χ2v) is 8.10. The number of ether oxygens (including phenoxy) is 2. The van der Waals surface area contributed by atoms with Crippen LogP contribution in [0.4, 0.5) is 18.9 Å². The Bertz CT molecular complexity index is 1130. The molecule has 0 atom stereocenters. The molecule has 3 rings (SSSR count). The molecule has 0 aliphatic carbocycles. The first-order valence-electron chi connectivity index (χ1n) is 9.02. The quantitative estimate of drug-likeness (QED) is 0.535. The number of anilines is 1. The Morgan fingerprint density at radius 2 is 1.65 bits per heavy atom. The molecule has 31 heavy (non-hydrogen) atoms. The molecule has 0 unspecified atom stereocenters. The van der Waals surface area contributed by atoms with E-state index in [1.807, 2.05) is 12.1 Å². The molecule has 0 aliphatic rings. The van der Waals surface area contributed by atoms with Gasteiger partial charge in [0.05, 0.1) is 19.4 Å². The topological polar surface area (TPSA) is 90.7 Å². The molecule has 0 radical (unpaired) electrons. The van der Waals surface area contributed by atoms with Crippen LogP contribution in [0.25, 0.3) is 11.5 Å². The maximum Gasteiger partial charge on any atom is 0.516 e. The maximum absolute atomic E-state index is 12.4. The summed E-state index contributed by atoms with van der Waals surface area (Å²) >= 11 is 0. The van der Waals surface area contributed by atoms with E-state index in [9.17, 15) is 21.6 Å². The minimum atomic E-state index is -5.46. The first-order chi connectivity index (χ1) is 14.6. The van der Waals surface area contributed by atoms with Crippen LogP contribution in [0.5, 0.6) is 11.5 Å². The van der Waals surface area contributed by atoms with E-state index in [4.69, 9.17) is 13.9 Å². The fourth-order valence-corrected chi connectivity index (χ4v) is 3.18. The average molecular weight is 456 g/mol. The highest BCUT2D eigenvalue weighted by atomic mass is 32.2. The van der Waals surface area contributed by atoms with E-state index in [-0.39, 0.29) is 12.3 Å². The zero-order valence-electron chi connectivity index (χ0n) is 16.6. The lowest BCUT2D eigenvalue weighted by Crippen LogP contribution is -2.29. The normalized spacial score (nSPS) is 11.9. The second-order valence-electron chi connectivity index (χ2n) is 6.42. The SMILES string of the molecule is COc1ccc(-c2nc(CCOc3ccc(NS(=O)(=O)C(F)(F)F)cc3)c(C)o2)cc1. The van der Waals surface area contributed by atoms with Crippen LogP contribution in [0.1, 0.15) is 11.5 Å². The zero-order valence-corrected chi connectivity index (χ0v) is 17.4. The highest BCUT2D eigenvalue weighted by molar-refractivity contribution is 7.93. The number of nitrogens with zero attached hydrogens (tertiary/aromatic N) is 1. The van der Waals surface area contributed by atoms with Crippen LogP contribution in [-0.4, -0.2) is 32.6 Å². The highest BCUT2D eigenvalue weighted by Crippen LogP contribution is 2.27. The van der Waals surface area contributed by atoms with Gasteiger partial charge in [-0.3, -0.25) is 4.72 Å². The first kappa shape index (κ1) is 22.5. The maximum atomic E-state index is 12.4. The number of aryl methyl sites for hydroxylation is 1. The summed E-state index contributed by atoms with van der Waals surface area (Å²) in [5.41, 5.74) is -4.10. The van der Waals surface area contributed by atoms with Gasteiger partial charge in [-0.05, 0) is 55.5 Å². The van der Waals surface area contributed by atoms with Crippen LogP contribution >= 0.6 is 0 Å². The van der Waals surface area contributed by atoms with Crippen molar-refractivity contribution < 1.29 is 35.5 Å². The van der Waals surface area contributed by atoms with Crippen LogP contribution < -0.4 is 14.2 Å². The molecule has 2 aromatic carbocycles. The number of nitrogens with one attached hydrogen (secondary N) is 1. The molecule has 11 heteroatoms. The number of hydrogen-bond acceptors (Lipinski definition) is 6. The van der Waals surface area contributed by atoms with Crippen LogP contribution in [0.3, 0.4) is 0 Å². The van der Waals surface area contributed by atoms with Crippen LogP contribution in [0, 0.1) is 6.92 Å². The number of oxazole rings is 1. The molecule has 0 spiro atoms. The third-order valence-electron chi connectivity index (χ3n) is 4.25. The Labute approximate surface area is 176 Å². The third kappa shape index (κ3) is 5.48. The zero-order chi connectivity index (χ0) is 22.6. The minimum Gasteiger partial charge on any atom is -0.497 e. The number of hydrogen-bond donors (Lipinski definition) is 1. The second kappa shape index (κ2) is 8.88. The van der Waals surface area contributed by atoms with Crippen LogP contribution in [0.2, 0.25) is 0 Å². The molecule has 166 valence electrons. The number of benzene rings is 2. The van der Waals surface area contributed by atoms with Crippen LogP contribution in [-0.2, 0) is 16.4 Å². The van der Waals surface area contributed by atoms with Gasteiger partial charge in [0.25, 0.3) is 0 Å². The molecule has 0 amide bonds. The van der Waals surface area contributed by atoms with Crippen LogP contribution in [0.15, 0.2) is 52.9 Å². The highest BCUT2D eigenvalue weighted by Gasteiger charge is 2.46. The van der Waals surface area contributed by atoms with E-state index in [1.165, 1.54) is 29.0 Å². The Morgan fingerprint density at radius 1 is 1.03 bits per heavy atom. The largest absolute Gasteiger partial charge is 0.516 e. The molecule has 7 nitrogen and oxygen atoms in total. The molecule has 1 aromatic heterocycles. The van der Waals surface area contributed by atoms with Crippen molar-refractivity contribution in [3.63, 3.8) is 0 Å². The standard InChI is InChI=1S/C20H19F3N2O5S/c1-13-18(24-19(30-13)14-3-7-16(28-2)8-4-14)11-12-29-17-9-5-15(6-10-17)25-31(26,27)20(21,22)23/h3-10,25H,11-12H2,1-2H3. The van der Waals surface area contributed by atoms with Crippen molar-refractivity contribution in [2.45, 2.75) is 18.9 Å². The van der Waals surface area contributed by atoms with E-state index in [0.717, 1.165) is 11.3 Å². The number of halogens is 3. The number of methoxy groups -OCH3 is 1. The fourth-order valence-electron chi connectivity index (χ4n) is 2.61. The summed E-state index contributed by atoms with van der Waals surface area (Å²) in [6.45, 7) is 2.03. The molecule has 3 aromatic rings. The van der Waals surface area contributed by atoms with Gasteiger partial charge in [0.1, 0.15) is 17.3 Å². The van der Waals surface area contributed by atoms with Crippen molar-refractivity contribution in [2.24, 2.45) is 0 Å². The summed E-state index contributed by atoms with van der Waals surface area (Å²) in [5, 5.41) is 0. The summed E-state index contributed by atoms with van der Waals surface area (Å²) in [5.74, 6) is 2.20. The van der Waals surface area contributed by atoms with E-state index in [2.05, 4.69) is 4.98 Å². The summed E-state index contributed by atoms with van der Waals surface area (Å²) in [4.78, 5) is 4.47. The van der Waals surface area contributed by atoms with Crippen molar-refractivity contribution in [1.29, 1.82) is 0 Å². The molecular weight excluding hydrogens is 437 g/mol. The molecule has 1 N–H and O–H groups in total. The summed E-state index contributed by atoms with van der Waals surface area (Å²) < 4.78 is 77.3. The number of sulfonamides is 1. The summed E-state index contributed by atoms with van der Waals surface area (Å²) in [6.07, 6.45) is 0.438. The van der Waals surface area contributed by atoms with Crippen molar-refractivity contribution >= 4 is 15.7 Å². The predicted octanol–water partition coefficient (Wildman–Crippen LogP) is 4.54. The van der Waals surface area contributed by atoms with Crippen molar-refractivity contribution in [1.82, 2.24) is 4.98 Å². The Kier molecular flexibility index (Phi) is 6.44.